The van der Waals surface area contributed by atoms with Crippen LogP contribution in [0.2, 0.25) is 0 Å². The van der Waals surface area contributed by atoms with Gasteiger partial charge in [-0.15, -0.1) is 0 Å². The van der Waals surface area contributed by atoms with E-state index in [1.807, 2.05) is 6.07 Å². The third kappa shape index (κ3) is 3.77. The van der Waals surface area contributed by atoms with Crippen molar-refractivity contribution in [3.05, 3.63) is 60.4 Å². The van der Waals surface area contributed by atoms with E-state index in [1.165, 1.54) is 23.8 Å². The van der Waals surface area contributed by atoms with Gasteiger partial charge in [-0.05, 0) is 43.2 Å². The van der Waals surface area contributed by atoms with E-state index >= 15 is 0 Å². The van der Waals surface area contributed by atoms with E-state index in [-0.39, 0.29) is 17.9 Å². The number of nitrogens with zero attached hydrogens (tertiary/aromatic N) is 6. The van der Waals surface area contributed by atoms with Gasteiger partial charge in [0, 0.05) is 19.2 Å². The predicted molar refractivity (Wildman–Crippen MR) is 112 cm³/mol. The van der Waals surface area contributed by atoms with Gasteiger partial charge in [0.05, 0.1) is 12.0 Å². The fourth-order valence-corrected chi connectivity index (χ4v) is 4.55. The van der Waals surface area contributed by atoms with Gasteiger partial charge in [-0.1, -0.05) is 24.3 Å². The number of aromatic nitrogens is 5. The summed E-state index contributed by atoms with van der Waals surface area (Å²) in [7, 11) is 0. The van der Waals surface area contributed by atoms with Crippen molar-refractivity contribution in [2.75, 3.05) is 18.0 Å². The molecule has 0 spiro atoms. The van der Waals surface area contributed by atoms with Gasteiger partial charge in [0.1, 0.15) is 24.8 Å². The molecule has 0 bridgehead atoms. The Kier molecular flexibility index (Phi) is 5.13. The average molecular weight is 403 g/mol. The molecule has 8 nitrogen and oxygen atoms in total. The maximum Gasteiger partial charge on any atom is 0.225 e. The first kappa shape index (κ1) is 18.7. The summed E-state index contributed by atoms with van der Waals surface area (Å²) in [4.78, 5) is 28.0. The van der Waals surface area contributed by atoms with E-state index in [4.69, 9.17) is 0 Å². The van der Waals surface area contributed by atoms with Gasteiger partial charge in [0.15, 0.2) is 5.82 Å². The molecule has 1 aliphatic carbocycles. The number of hydrogen-bond acceptors (Lipinski definition) is 6. The van der Waals surface area contributed by atoms with E-state index in [2.05, 4.69) is 54.5 Å². The molecule has 8 heteroatoms. The van der Waals surface area contributed by atoms with Crippen molar-refractivity contribution in [2.45, 2.75) is 38.1 Å². The van der Waals surface area contributed by atoms with Gasteiger partial charge in [0.2, 0.25) is 5.91 Å². The van der Waals surface area contributed by atoms with E-state index in [0.29, 0.717) is 12.4 Å². The fraction of sp³-hybridized carbons (Fsp3) is 0.409. The number of hydrogen-bond donors (Lipinski definition) is 1. The molecule has 0 radical (unpaired) electrons. The van der Waals surface area contributed by atoms with Crippen LogP contribution in [0.15, 0.2) is 49.3 Å². The number of carbonyl (C=O) groups excluding carboxylic acids is 1. The van der Waals surface area contributed by atoms with Gasteiger partial charge in [-0.25, -0.2) is 19.6 Å². The summed E-state index contributed by atoms with van der Waals surface area (Å²) < 4.78 is 1.61. The van der Waals surface area contributed by atoms with Crippen LogP contribution in [0.5, 0.6) is 0 Å². The summed E-state index contributed by atoms with van der Waals surface area (Å²) in [6, 6.07) is 10.5. The van der Waals surface area contributed by atoms with E-state index in [9.17, 15) is 4.79 Å². The first-order chi connectivity index (χ1) is 14.8. The molecule has 1 amide bonds. The Morgan fingerprint density at radius 3 is 2.87 bits per heavy atom. The molecule has 1 saturated heterocycles. The van der Waals surface area contributed by atoms with Gasteiger partial charge in [-0.3, -0.25) is 4.79 Å². The van der Waals surface area contributed by atoms with Crippen LogP contribution in [-0.2, 0) is 11.2 Å². The average Bonchev–Trinajstić information content (AvgIpc) is 3.35. The lowest BCUT2D eigenvalue weighted by atomic mass is 9.87. The van der Waals surface area contributed by atoms with Gasteiger partial charge >= 0.3 is 0 Å². The minimum Gasteiger partial charge on any atom is -0.356 e. The Labute approximate surface area is 175 Å². The van der Waals surface area contributed by atoms with Crippen molar-refractivity contribution in [1.29, 1.82) is 0 Å². The highest BCUT2D eigenvalue weighted by Gasteiger charge is 2.29. The monoisotopic (exact) mass is 403 g/mol. The SMILES string of the molecule is O=C(N[C@H]1CCCc2ccccc21)[C@@H]1CCCN(c2cc(-n3cncn3)ncn2)C1. The van der Waals surface area contributed by atoms with E-state index in [1.54, 1.807) is 11.0 Å². The number of amides is 1. The highest BCUT2D eigenvalue weighted by atomic mass is 16.2. The molecule has 154 valence electrons. The first-order valence-corrected chi connectivity index (χ1v) is 10.6. The highest BCUT2D eigenvalue weighted by molar-refractivity contribution is 5.80. The van der Waals surface area contributed by atoms with E-state index in [0.717, 1.165) is 44.5 Å². The molecule has 30 heavy (non-hydrogen) atoms. The molecular weight excluding hydrogens is 378 g/mol. The Balaban J connectivity index is 1.28. The summed E-state index contributed by atoms with van der Waals surface area (Å²) in [6.45, 7) is 1.54. The van der Waals surface area contributed by atoms with Crippen LogP contribution in [0.4, 0.5) is 5.82 Å². The quantitative estimate of drug-likeness (QED) is 0.720. The second-order valence-electron chi connectivity index (χ2n) is 8.01. The molecular formula is C22H25N7O. The summed E-state index contributed by atoms with van der Waals surface area (Å²) >= 11 is 0. The van der Waals surface area contributed by atoms with Crippen molar-refractivity contribution in [3.63, 3.8) is 0 Å². The molecule has 2 atom stereocenters. The summed E-state index contributed by atoms with van der Waals surface area (Å²) in [6.07, 6.45) is 9.71. The molecule has 3 heterocycles. The lowest BCUT2D eigenvalue weighted by molar-refractivity contribution is -0.126. The zero-order valence-corrected chi connectivity index (χ0v) is 16.8. The number of anilines is 1. The topological polar surface area (TPSA) is 88.8 Å². The zero-order valence-electron chi connectivity index (χ0n) is 16.8. The number of benzene rings is 1. The molecule has 2 aromatic heterocycles. The molecule has 1 aliphatic heterocycles. The number of carbonyl (C=O) groups is 1. The second kappa shape index (κ2) is 8.22. The van der Waals surface area contributed by atoms with Crippen molar-refractivity contribution < 1.29 is 4.79 Å². The lowest BCUT2D eigenvalue weighted by Gasteiger charge is -2.34. The van der Waals surface area contributed by atoms with Crippen molar-refractivity contribution in [3.8, 4) is 5.82 Å². The van der Waals surface area contributed by atoms with Crippen molar-refractivity contribution >= 4 is 11.7 Å². The third-order valence-corrected chi connectivity index (χ3v) is 6.09. The van der Waals surface area contributed by atoms with Crippen LogP contribution in [-0.4, -0.2) is 43.7 Å². The van der Waals surface area contributed by atoms with Gasteiger partial charge < -0.3 is 10.2 Å². The normalized spacial score (nSPS) is 21.1. The maximum absolute atomic E-state index is 13.1. The maximum atomic E-state index is 13.1. The van der Waals surface area contributed by atoms with Gasteiger partial charge in [0.25, 0.3) is 0 Å². The zero-order chi connectivity index (χ0) is 20.3. The molecule has 0 saturated carbocycles. The number of aryl methyl sites for hydroxylation is 1. The lowest BCUT2D eigenvalue weighted by Crippen LogP contribution is -2.44. The Morgan fingerprint density at radius 2 is 1.97 bits per heavy atom. The smallest absolute Gasteiger partial charge is 0.225 e. The fourth-order valence-electron chi connectivity index (χ4n) is 4.55. The first-order valence-electron chi connectivity index (χ1n) is 10.6. The summed E-state index contributed by atoms with van der Waals surface area (Å²) in [5, 5.41) is 7.46. The molecule has 3 aromatic rings. The molecule has 0 unspecified atom stereocenters. The van der Waals surface area contributed by atoms with Crippen LogP contribution in [0.3, 0.4) is 0 Å². The van der Waals surface area contributed by atoms with Crippen LogP contribution in [0.25, 0.3) is 5.82 Å². The Bertz CT molecular complexity index is 1020. The number of fused-ring (bicyclic) bond motifs is 1. The van der Waals surface area contributed by atoms with Crippen LogP contribution in [0, 0.1) is 5.92 Å². The molecule has 1 N–H and O–H groups in total. The van der Waals surface area contributed by atoms with Crippen LogP contribution >= 0.6 is 0 Å². The van der Waals surface area contributed by atoms with Crippen LogP contribution < -0.4 is 10.2 Å². The van der Waals surface area contributed by atoms with E-state index < -0.39 is 0 Å². The second-order valence-corrected chi connectivity index (χ2v) is 8.01. The summed E-state index contributed by atoms with van der Waals surface area (Å²) in [5.41, 5.74) is 2.64. The number of piperidine rings is 1. The Morgan fingerprint density at radius 1 is 1.07 bits per heavy atom. The standard InChI is InChI=1S/C22H25N7O/c30-22(27-19-9-3-6-16-5-1-2-8-18(16)19)17-7-4-10-28(12-17)20-11-21(25-14-24-20)29-15-23-13-26-29/h1-2,5,8,11,13-15,17,19H,3-4,6-7,9-10,12H2,(H,27,30)/t17-,19+/m1/s1. The number of nitrogens with one attached hydrogen (secondary N) is 1. The predicted octanol–water partition coefficient (Wildman–Crippen LogP) is 2.47. The third-order valence-electron chi connectivity index (χ3n) is 6.09. The van der Waals surface area contributed by atoms with Crippen molar-refractivity contribution in [2.24, 2.45) is 5.92 Å². The van der Waals surface area contributed by atoms with Gasteiger partial charge in [-0.2, -0.15) is 5.10 Å². The van der Waals surface area contributed by atoms with Crippen molar-refractivity contribution in [1.82, 2.24) is 30.0 Å². The molecule has 2 aliphatic rings. The molecule has 5 rings (SSSR count). The largest absolute Gasteiger partial charge is 0.356 e. The van der Waals surface area contributed by atoms with Crippen LogP contribution in [0.1, 0.15) is 42.9 Å². The minimum absolute atomic E-state index is 0.0439. The Hall–Kier alpha value is -3.29. The summed E-state index contributed by atoms with van der Waals surface area (Å²) in [5.74, 6) is 1.59. The highest BCUT2D eigenvalue weighted by Crippen LogP contribution is 2.30. The number of rotatable bonds is 4. The molecule has 1 aromatic carbocycles. The molecule has 1 fully saturated rings. The minimum atomic E-state index is -0.0439.